The third-order valence-electron chi connectivity index (χ3n) is 3.12. The molecule has 0 saturated carbocycles. The predicted octanol–water partition coefficient (Wildman–Crippen LogP) is 2.98. The molecule has 2 N–H and O–H groups in total. The zero-order chi connectivity index (χ0) is 12.7. The molecule has 0 unspecified atom stereocenters. The molecule has 0 saturated heterocycles. The summed E-state index contributed by atoms with van der Waals surface area (Å²) < 4.78 is 7.62. The van der Waals surface area contributed by atoms with Gasteiger partial charge in [0.1, 0.15) is 5.58 Å². The van der Waals surface area contributed by atoms with Gasteiger partial charge >= 0.3 is 0 Å². The van der Waals surface area contributed by atoms with Crippen LogP contribution < -0.4 is 5.73 Å². The fourth-order valence-electron chi connectivity index (χ4n) is 2.32. The number of aryl methyl sites for hydroxylation is 2. The summed E-state index contributed by atoms with van der Waals surface area (Å²) in [6.07, 6.45) is 2.68. The molecule has 0 radical (unpaired) electrons. The van der Waals surface area contributed by atoms with E-state index in [2.05, 4.69) is 18.1 Å². The van der Waals surface area contributed by atoms with E-state index in [4.69, 9.17) is 10.2 Å². The molecule has 4 heteroatoms. The number of anilines is 1. The molecule has 0 amide bonds. The van der Waals surface area contributed by atoms with E-state index in [1.54, 1.807) is 10.9 Å². The molecule has 1 aromatic carbocycles. The van der Waals surface area contributed by atoms with Crippen molar-refractivity contribution in [3.63, 3.8) is 0 Å². The molecule has 0 atom stereocenters. The number of aromatic nitrogens is 2. The summed E-state index contributed by atoms with van der Waals surface area (Å²) in [5.41, 5.74) is 9.39. The summed E-state index contributed by atoms with van der Waals surface area (Å²) in [6, 6.07) is 8.02. The van der Waals surface area contributed by atoms with Gasteiger partial charge in [0.25, 0.3) is 0 Å². The van der Waals surface area contributed by atoms with Crippen LogP contribution in [0.5, 0.6) is 0 Å². The third kappa shape index (κ3) is 1.49. The number of rotatable bonds is 2. The number of nitrogens with zero attached hydrogens (tertiary/aromatic N) is 2. The van der Waals surface area contributed by atoms with E-state index in [0.29, 0.717) is 5.69 Å². The number of nitrogens with two attached hydrogens (primary N) is 1. The Kier molecular flexibility index (Phi) is 2.37. The predicted molar refractivity (Wildman–Crippen MR) is 72.2 cm³/mol. The van der Waals surface area contributed by atoms with Gasteiger partial charge in [-0.05, 0) is 12.5 Å². The van der Waals surface area contributed by atoms with Crippen molar-refractivity contribution in [2.45, 2.75) is 13.3 Å². The highest BCUT2D eigenvalue weighted by Gasteiger charge is 2.18. The average molecular weight is 241 g/mol. The standard InChI is InChI=1S/C14H15N3O/c1-3-9-10-6-4-5-7-12(10)18-14(9)13-11(15)8-17(2)16-13/h4-8H,3,15H2,1-2H3. The van der Waals surface area contributed by atoms with Crippen LogP contribution in [0.25, 0.3) is 22.4 Å². The van der Waals surface area contributed by atoms with E-state index in [1.165, 1.54) is 0 Å². The van der Waals surface area contributed by atoms with Gasteiger partial charge in [-0.2, -0.15) is 5.10 Å². The molecular weight excluding hydrogens is 226 g/mol. The minimum Gasteiger partial charge on any atom is -0.454 e. The molecule has 3 rings (SSSR count). The Bertz CT molecular complexity index is 709. The van der Waals surface area contributed by atoms with Crippen molar-refractivity contribution in [3.8, 4) is 11.5 Å². The maximum atomic E-state index is 5.98. The van der Waals surface area contributed by atoms with E-state index in [-0.39, 0.29) is 0 Å². The van der Waals surface area contributed by atoms with Crippen molar-refractivity contribution < 1.29 is 4.42 Å². The first kappa shape index (κ1) is 10.9. The van der Waals surface area contributed by atoms with Crippen molar-refractivity contribution in [3.05, 3.63) is 36.0 Å². The number of hydrogen-bond acceptors (Lipinski definition) is 3. The van der Waals surface area contributed by atoms with Crippen LogP contribution >= 0.6 is 0 Å². The number of nitrogen functional groups attached to an aromatic ring is 1. The van der Waals surface area contributed by atoms with Crippen LogP contribution in [0.1, 0.15) is 12.5 Å². The van der Waals surface area contributed by atoms with Gasteiger partial charge in [-0.3, -0.25) is 4.68 Å². The summed E-state index contributed by atoms with van der Waals surface area (Å²) in [7, 11) is 1.86. The summed E-state index contributed by atoms with van der Waals surface area (Å²) in [4.78, 5) is 0. The third-order valence-corrected chi connectivity index (χ3v) is 3.12. The van der Waals surface area contributed by atoms with Crippen molar-refractivity contribution in [2.24, 2.45) is 7.05 Å². The van der Waals surface area contributed by atoms with Crippen LogP contribution in [0.3, 0.4) is 0 Å². The average Bonchev–Trinajstić information content (AvgIpc) is 2.88. The first-order chi connectivity index (χ1) is 8.70. The second-order valence-corrected chi connectivity index (χ2v) is 4.37. The molecule has 0 aliphatic rings. The lowest BCUT2D eigenvalue weighted by Crippen LogP contribution is -1.90. The highest BCUT2D eigenvalue weighted by atomic mass is 16.3. The summed E-state index contributed by atoms with van der Waals surface area (Å²) in [5, 5.41) is 5.52. The summed E-state index contributed by atoms with van der Waals surface area (Å²) in [6.45, 7) is 2.11. The van der Waals surface area contributed by atoms with Gasteiger partial charge in [0.15, 0.2) is 11.5 Å². The second-order valence-electron chi connectivity index (χ2n) is 4.37. The van der Waals surface area contributed by atoms with E-state index >= 15 is 0 Å². The molecule has 4 nitrogen and oxygen atoms in total. The zero-order valence-electron chi connectivity index (χ0n) is 10.5. The van der Waals surface area contributed by atoms with Gasteiger partial charge in [0.2, 0.25) is 0 Å². The molecule has 0 aliphatic carbocycles. The minimum absolute atomic E-state index is 0.645. The van der Waals surface area contributed by atoms with Crippen LogP contribution in [-0.4, -0.2) is 9.78 Å². The van der Waals surface area contributed by atoms with Gasteiger partial charge in [0, 0.05) is 24.2 Å². The maximum Gasteiger partial charge on any atom is 0.160 e. The van der Waals surface area contributed by atoms with Gasteiger partial charge in [-0.25, -0.2) is 0 Å². The number of benzene rings is 1. The first-order valence-electron chi connectivity index (χ1n) is 6.00. The maximum absolute atomic E-state index is 5.98. The van der Waals surface area contributed by atoms with Crippen LogP contribution in [0.2, 0.25) is 0 Å². The molecule has 2 aromatic heterocycles. The smallest absolute Gasteiger partial charge is 0.160 e. The molecule has 0 fully saturated rings. The van der Waals surface area contributed by atoms with Crippen LogP contribution in [0.15, 0.2) is 34.9 Å². The Balaban J connectivity index is 2.32. The first-order valence-corrected chi connectivity index (χ1v) is 6.00. The molecule has 0 aliphatic heterocycles. The normalized spacial score (nSPS) is 11.2. The fourth-order valence-corrected chi connectivity index (χ4v) is 2.32. The Labute approximate surface area is 105 Å². The molecule has 18 heavy (non-hydrogen) atoms. The summed E-state index contributed by atoms with van der Waals surface area (Å²) >= 11 is 0. The van der Waals surface area contributed by atoms with E-state index in [1.807, 2.05) is 25.2 Å². The Morgan fingerprint density at radius 1 is 1.33 bits per heavy atom. The van der Waals surface area contributed by atoms with E-state index in [9.17, 15) is 0 Å². The van der Waals surface area contributed by atoms with Gasteiger partial charge in [-0.1, -0.05) is 25.1 Å². The number of furan rings is 1. The second kappa shape index (κ2) is 3.91. The van der Waals surface area contributed by atoms with E-state index < -0.39 is 0 Å². The number of fused-ring (bicyclic) bond motifs is 1. The monoisotopic (exact) mass is 241 g/mol. The quantitative estimate of drug-likeness (QED) is 0.750. The van der Waals surface area contributed by atoms with Crippen LogP contribution in [0.4, 0.5) is 5.69 Å². The van der Waals surface area contributed by atoms with Crippen molar-refractivity contribution in [1.82, 2.24) is 9.78 Å². The van der Waals surface area contributed by atoms with Crippen molar-refractivity contribution in [2.75, 3.05) is 5.73 Å². The van der Waals surface area contributed by atoms with Crippen molar-refractivity contribution in [1.29, 1.82) is 0 Å². The molecule has 0 bridgehead atoms. The Morgan fingerprint density at radius 2 is 2.11 bits per heavy atom. The van der Waals surface area contributed by atoms with Crippen LogP contribution in [-0.2, 0) is 13.5 Å². The Morgan fingerprint density at radius 3 is 2.78 bits per heavy atom. The minimum atomic E-state index is 0.645. The lowest BCUT2D eigenvalue weighted by atomic mass is 10.1. The SMILES string of the molecule is CCc1c(-c2nn(C)cc2N)oc2ccccc12. The van der Waals surface area contributed by atoms with Gasteiger partial charge in [-0.15, -0.1) is 0 Å². The van der Waals surface area contributed by atoms with Crippen molar-refractivity contribution >= 4 is 16.7 Å². The number of hydrogen-bond donors (Lipinski definition) is 1. The fraction of sp³-hybridized carbons (Fsp3) is 0.214. The molecule has 3 aromatic rings. The lowest BCUT2D eigenvalue weighted by Gasteiger charge is -1.97. The topological polar surface area (TPSA) is 57.0 Å². The highest BCUT2D eigenvalue weighted by Crippen LogP contribution is 2.35. The number of para-hydroxylation sites is 1. The Hall–Kier alpha value is -2.23. The van der Waals surface area contributed by atoms with Gasteiger partial charge in [0.05, 0.1) is 5.69 Å². The zero-order valence-corrected chi connectivity index (χ0v) is 10.5. The van der Waals surface area contributed by atoms with Crippen LogP contribution in [0, 0.1) is 0 Å². The van der Waals surface area contributed by atoms with E-state index in [0.717, 1.165) is 34.4 Å². The lowest BCUT2D eigenvalue weighted by molar-refractivity contribution is 0.621. The summed E-state index contributed by atoms with van der Waals surface area (Å²) in [5.74, 6) is 0.789. The molecule has 2 heterocycles. The van der Waals surface area contributed by atoms with Gasteiger partial charge < -0.3 is 10.2 Å². The molecular formula is C14H15N3O. The molecule has 92 valence electrons. The molecule has 0 spiro atoms. The largest absolute Gasteiger partial charge is 0.454 e. The highest BCUT2D eigenvalue weighted by molar-refractivity contribution is 5.89.